The second-order valence-corrected chi connectivity index (χ2v) is 3.40. The molecule has 0 aliphatic rings. The van der Waals surface area contributed by atoms with Crippen LogP contribution in [0.3, 0.4) is 0 Å². The van der Waals surface area contributed by atoms with Gasteiger partial charge in [-0.25, -0.2) is 0 Å². The van der Waals surface area contributed by atoms with E-state index in [2.05, 4.69) is 13.5 Å². The molecule has 0 aliphatic heterocycles. The van der Waals surface area contributed by atoms with Crippen molar-refractivity contribution < 1.29 is 15.3 Å². The van der Waals surface area contributed by atoms with Crippen LogP contribution in [0.25, 0.3) is 0 Å². The van der Waals surface area contributed by atoms with Crippen molar-refractivity contribution in [1.82, 2.24) is 0 Å². The van der Waals surface area contributed by atoms with Gasteiger partial charge >= 0.3 is 0 Å². The smallest absolute Gasteiger partial charge is 0.0877 e. The maximum Gasteiger partial charge on any atom is 0.0877 e. The minimum Gasteiger partial charge on any atom is -0.513 e. The van der Waals surface area contributed by atoms with E-state index in [1.165, 1.54) is 0 Å². The molecular formula is C10H20O3. The fraction of sp³-hybridized carbons (Fsp3) is 0.800. The van der Waals surface area contributed by atoms with Crippen molar-refractivity contribution in [3.05, 3.63) is 12.3 Å². The molecule has 0 aliphatic carbocycles. The van der Waals surface area contributed by atoms with Crippen LogP contribution < -0.4 is 0 Å². The molecule has 0 saturated heterocycles. The summed E-state index contributed by atoms with van der Waals surface area (Å²) in [5, 5.41) is 27.5. The summed E-state index contributed by atoms with van der Waals surface area (Å²) in [7, 11) is 0. The molecule has 0 aromatic heterocycles. The molecule has 0 saturated carbocycles. The second kappa shape index (κ2) is 6.92. The van der Waals surface area contributed by atoms with Crippen LogP contribution in [0.4, 0.5) is 0 Å². The van der Waals surface area contributed by atoms with E-state index >= 15 is 0 Å². The monoisotopic (exact) mass is 188 g/mol. The van der Waals surface area contributed by atoms with Gasteiger partial charge in [0.25, 0.3) is 0 Å². The Morgan fingerprint density at radius 1 is 1.23 bits per heavy atom. The minimum atomic E-state index is -0.880. The first-order valence-corrected chi connectivity index (χ1v) is 4.80. The van der Waals surface area contributed by atoms with Gasteiger partial charge in [-0.15, -0.1) is 0 Å². The lowest BCUT2D eigenvalue weighted by Crippen LogP contribution is -2.26. The maximum absolute atomic E-state index is 9.39. The summed E-state index contributed by atoms with van der Waals surface area (Å²) < 4.78 is 0. The van der Waals surface area contributed by atoms with E-state index in [1.807, 2.05) is 0 Å². The first-order valence-electron chi connectivity index (χ1n) is 4.80. The standard InChI is InChI=1S/C10H20O3/c1-3-4-5-6-9(12)10(13)7-8(2)11/h9-13H,2-7H2,1H3. The van der Waals surface area contributed by atoms with Crippen molar-refractivity contribution >= 4 is 0 Å². The van der Waals surface area contributed by atoms with Crippen LogP contribution in [0.15, 0.2) is 12.3 Å². The molecule has 0 heterocycles. The third kappa shape index (κ3) is 6.61. The zero-order valence-electron chi connectivity index (χ0n) is 8.24. The van der Waals surface area contributed by atoms with Gasteiger partial charge in [-0.2, -0.15) is 0 Å². The molecule has 3 nitrogen and oxygen atoms in total. The molecule has 0 rings (SSSR count). The summed E-state index contributed by atoms with van der Waals surface area (Å²) in [5.41, 5.74) is 0. The summed E-state index contributed by atoms with van der Waals surface area (Å²) in [6, 6.07) is 0. The van der Waals surface area contributed by atoms with Crippen molar-refractivity contribution in [2.24, 2.45) is 0 Å². The van der Waals surface area contributed by atoms with E-state index in [0.717, 1.165) is 19.3 Å². The van der Waals surface area contributed by atoms with E-state index in [1.54, 1.807) is 0 Å². The lowest BCUT2D eigenvalue weighted by atomic mass is 10.0. The largest absolute Gasteiger partial charge is 0.513 e. The lowest BCUT2D eigenvalue weighted by Gasteiger charge is -2.16. The Labute approximate surface area is 79.7 Å². The predicted molar refractivity (Wildman–Crippen MR) is 52.5 cm³/mol. The molecule has 0 bridgehead atoms. The third-order valence-corrected chi connectivity index (χ3v) is 1.99. The topological polar surface area (TPSA) is 60.7 Å². The van der Waals surface area contributed by atoms with E-state index in [0.29, 0.717) is 6.42 Å². The van der Waals surface area contributed by atoms with Gasteiger partial charge in [0.15, 0.2) is 0 Å². The Morgan fingerprint density at radius 2 is 1.85 bits per heavy atom. The Hall–Kier alpha value is -0.540. The van der Waals surface area contributed by atoms with Crippen molar-refractivity contribution in [2.45, 2.75) is 51.2 Å². The molecule has 0 aromatic carbocycles. The molecule has 3 N–H and O–H groups in total. The number of hydrogen-bond donors (Lipinski definition) is 3. The molecule has 2 unspecified atom stereocenters. The molecule has 3 heteroatoms. The molecule has 0 aromatic rings. The third-order valence-electron chi connectivity index (χ3n) is 1.99. The highest BCUT2D eigenvalue weighted by atomic mass is 16.3. The van der Waals surface area contributed by atoms with Crippen LogP contribution in [-0.4, -0.2) is 27.5 Å². The first kappa shape index (κ1) is 12.5. The second-order valence-electron chi connectivity index (χ2n) is 3.40. The van der Waals surface area contributed by atoms with E-state index in [9.17, 15) is 10.2 Å². The molecular weight excluding hydrogens is 168 g/mol. The van der Waals surface area contributed by atoms with Crippen molar-refractivity contribution in [3.8, 4) is 0 Å². The highest BCUT2D eigenvalue weighted by molar-refractivity contribution is 4.85. The van der Waals surface area contributed by atoms with Crippen LogP contribution in [0, 0.1) is 0 Å². The van der Waals surface area contributed by atoms with E-state index in [-0.39, 0.29) is 12.2 Å². The molecule has 2 atom stereocenters. The van der Waals surface area contributed by atoms with Crippen LogP contribution in [0.2, 0.25) is 0 Å². The Bertz CT molecular complexity index is 145. The van der Waals surface area contributed by atoms with Gasteiger partial charge in [-0.3, -0.25) is 0 Å². The number of hydrogen-bond acceptors (Lipinski definition) is 3. The Balaban J connectivity index is 3.56. The average Bonchev–Trinajstić information content (AvgIpc) is 2.03. The predicted octanol–water partition coefficient (Wildman–Crippen LogP) is 1.75. The van der Waals surface area contributed by atoms with Crippen molar-refractivity contribution in [1.29, 1.82) is 0 Å². The van der Waals surface area contributed by atoms with Crippen LogP contribution in [-0.2, 0) is 0 Å². The van der Waals surface area contributed by atoms with Crippen LogP contribution in [0.1, 0.15) is 39.0 Å². The maximum atomic E-state index is 9.39. The van der Waals surface area contributed by atoms with Gasteiger partial charge in [-0.05, 0) is 6.42 Å². The summed E-state index contributed by atoms with van der Waals surface area (Å²) in [6.45, 7) is 5.34. The van der Waals surface area contributed by atoms with Crippen molar-refractivity contribution in [3.63, 3.8) is 0 Å². The van der Waals surface area contributed by atoms with Gasteiger partial charge in [0.2, 0.25) is 0 Å². The normalized spacial score (nSPS) is 15.3. The minimum absolute atomic E-state index is 0.0628. The van der Waals surface area contributed by atoms with E-state index < -0.39 is 12.2 Å². The Kier molecular flexibility index (Phi) is 6.63. The molecule has 0 fully saturated rings. The number of aliphatic hydroxyl groups is 3. The molecule has 78 valence electrons. The fourth-order valence-corrected chi connectivity index (χ4v) is 1.17. The summed E-state index contributed by atoms with van der Waals surface area (Å²) in [4.78, 5) is 0. The molecule has 13 heavy (non-hydrogen) atoms. The van der Waals surface area contributed by atoms with Crippen LogP contribution >= 0.6 is 0 Å². The number of aliphatic hydroxyl groups excluding tert-OH is 3. The molecule has 0 amide bonds. The number of unbranched alkanes of at least 4 members (excludes halogenated alkanes) is 2. The van der Waals surface area contributed by atoms with Crippen molar-refractivity contribution in [2.75, 3.05) is 0 Å². The molecule has 0 spiro atoms. The average molecular weight is 188 g/mol. The molecule has 0 radical (unpaired) electrons. The van der Waals surface area contributed by atoms with Gasteiger partial charge in [0, 0.05) is 6.42 Å². The van der Waals surface area contributed by atoms with E-state index in [4.69, 9.17) is 5.11 Å². The fourth-order valence-electron chi connectivity index (χ4n) is 1.17. The van der Waals surface area contributed by atoms with Gasteiger partial charge in [0.05, 0.1) is 18.0 Å². The quantitative estimate of drug-likeness (QED) is 0.421. The first-order chi connectivity index (χ1) is 6.07. The zero-order chi connectivity index (χ0) is 10.3. The van der Waals surface area contributed by atoms with Gasteiger partial charge < -0.3 is 15.3 Å². The lowest BCUT2D eigenvalue weighted by molar-refractivity contribution is 0.00865. The Morgan fingerprint density at radius 3 is 2.31 bits per heavy atom. The number of rotatable bonds is 7. The van der Waals surface area contributed by atoms with Crippen LogP contribution in [0.5, 0.6) is 0 Å². The van der Waals surface area contributed by atoms with Gasteiger partial charge in [0.1, 0.15) is 0 Å². The summed E-state index contributed by atoms with van der Waals surface area (Å²) in [6.07, 6.45) is 2.09. The SMILES string of the molecule is C=C(O)CC(O)C(O)CCCCC. The highest BCUT2D eigenvalue weighted by Gasteiger charge is 2.16. The van der Waals surface area contributed by atoms with Gasteiger partial charge in [-0.1, -0.05) is 32.8 Å². The summed E-state index contributed by atoms with van der Waals surface area (Å²) in [5.74, 6) is -0.0814. The zero-order valence-corrected chi connectivity index (χ0v) is 8.24. The summed E-state index contributed by atoms with van der Waals surface area (Å²) >= 11 is 0. The highest BCUT2D eigenvalue weighted by Crippen LogP contribution is 2.11.